The second-order valence-electron chi connectivity index (χ2n) is 3.42. The van der Waals surface area contributed by atoms with E-state index in [1.807, 2.05) is 0 Å². The van der Waals surface area contributed by atoms with Gasteiger partial charge in [0.15, 0.2) is 17.3 Å². The topological polar surface area (TPSA) is 96.9 Å². The molecule has 2 amide bonds. The first-order valence-corrected chi connectivity index (χ1v) is 4.84. The van der Waals surface area contributed by atoms with Crippen LogP contribution in [0.15, 0.2) is 28.9 Å². The van der Waals surface area contributed by atoms with Crippen LogP contribution in [0.25, 0.3) is 6.08 Å². The van der Waals surface area contributed by atoms with Gasteiger partial charge in [-0.1, -0.05) is 6.07 Å². The smallest absolute Gasteiger partial charge is 0.347 e. The zero-order valence-corrected chi connectivity index (χ0v) is 9.10. The van der Waals surface area contributed by atoms with E-state index in [2.05, 4.69) is 10.3 Å². The van der Waals surface area contributed by atoms with Crippen LogP contribution in [0.1, 0.15) is 5.56 Å². The van der Waals surface area contributed by atoms with Crippen molar-refractivity contribution in [1.29, 1.82) is 0 Å². The van der Waals surface area contributed by atoms with Gasteiger partial charge in [0.1, 0.15) is 0 Å². The van der Waals surface area contributed by atoms with Crippen LogP contribution in [0.3, 0.4) is 0 Å². The Balaban J connectivity index is 2.34. The Morgan fingerprint density at radius 2 is 2.29 bits per heavy atom. The van der Waals surface area contributed by atoms with Crippen molar-refractivity contribution in [3.63, 3.8) is 0 Å². The molecule has 1 aromatic rings. The highest BCUT2D eigenvalue weighted by molar-refractivity contribution is 6.13. The third-order valence-electron chi connectivity index (χ3n) is 2.25. The van der Waals surface area contributed by atoms with Gasteiger partial charge in [0, 0.05) is 0 Å². The number of benzene rings is 1. The second kappa shape index (κ2) is 4.17. The zero-order chi connectivity index (χ0) is 12.4. The average molecular weight is 233 g/mol. The van der Waals surface area contributed by atoms with Crippen molar-refractivity contribution in [1.82, 2.24) is 5.32 Å². The summed E-state index contributed by atoms with van der Waals surface area (Å²) in [5.74, 6) is 0.535. The van der Waals surface area contributed by atoms with Gasteiger partial charge in [0.2, 0.25) is 0 Å². The number of phenolic OH excluding ortho intramolecular Hbond substituents is 1. The molecule has 0 bridgehead atoms. The number of hydrogen-bond donors (Lipinski definition) is 3. The number of ether oxygens (including phenoxy) is 1. The molecule has 6 nitrogen and oxygen atoms in total. The van der Waals surface area contributed by atoms with Gasteiger partial charge in [-0.15, -0.1) is 0 Å². The van der Waals surface area contributed by atoms with Crippen LogP contribution in [0.5, 0.6) is 11.5 Å². The fraction of sp³-hybridized carbons (Fsp3) is 0.0909. The molecule has 0 fully saturated rings. The van der Waals surface area contributed by atoms with E-state index in [4.69, 9.17) is 10.5 Å². The number of nitrogens with zero attached hydrogens (tertiary/aromatic N) is 1. The number of carbonyl (C=O) groups is 1. The highest BCUT2D eigenvalue weighted by Crippen LogP contribution is 2.27. The molecule has 1 heterocycles. The molecule has 0 unspecified atom stereocenters. The van der Waals surface area contributed by atoms with E-state index in [9.17, 15) is 9.90 Å². The van der Waals surface area contributed by atoms with Gasteiger partial charge in [0.05, 0.1) is 12.8 Å². The predicted molar refractivity (Wildman–Crippen MR) is 62.8 cm³/mol. The Labute approximate surface area is 97.4 Å². The normalized spacial score (nSPS) is 16.9. The van der Waals surface area contributed by atoms with E-state index < -0.39 is 6.03 Å². The molecule has 0 aromatic heterocycles. The van der Waals surface area contributed by atoms with E-state index in [1.54, 1.807) is 18.2 Å². The summed E-state index contributed by atoms with van der Waals surface area (Å²) >= 11 is 0. The fourth-order valence-corrected chi connectivity index (χ4v) is 1.44. The van der Waals surface area contributed by atoms with Crippen LogP contribution >= 0.6 is 0 Å². The molecular formula is C11H11N3O3. The molecule has 1 aromatic carbocycles. The maximum atomic E-state index is 10.9. The Morgan fingerprint density at radius 1 is 1.53 bits per heavy atom. The van der Waals surface area contributed by atoms with Crippen LogP contribution in [0, 0.1) is 0 Å². The minimum absolute atomic E-state index is 0.0479. The van der Waals surface area contributed by atoms with Crippen LogP contribution < -0.4 is 15.8 Å². The molecule has 1 aliphatic rings. The summed E-state index contributed by atoms with van der Waals surface area (Å²) in [5, 5.41) is 11.9. The first kappa shape index (κ1) is 11.0. The molecule has 0 aliphatic carbocycles. The van der Waals surface area contributed by atoms with Crippen LogP contribution in [0.4, 0.5) is 4.79 Å². The SMILES string of the molecule is COc1cc(C=C2NC(=O)N=C2N)ccc1O. The second-order valence-corrected chi connectivity index (χ2v) is 3.42. The van der Waals surface area contributed by atoms with Gasteiger partial charge in [-0.2, -0.15) is 4.99 Å². The minimum atomic E-state index is -0.487. The number of phenols is 1. The number of amidine groups is 1. The van der Waals surface area contributed by atoms with Crippen LogP contribution in [-0.4, -0.2) is 24.1 Å². The van der Waals surface area contributed by atoms with Crippen molar-refractivity contribution >= 4 is 17.9 Å². The van der Waals surface area contributed by atoms with E-state index in [0.29, 0.717) is 11.4 Å². The fourth-order valence-electron chi connectivity index (χ4n) is 1.44. The molecule has 4 N–H and O–H groups in total. The summed E-state index contributed by atoms with van der Waals surface area (Å²) in [4.78, 5) is 14.5. The number of methoxy groups -OCH3 is 1. The molecule has 0 spiro atoms. The molecule has 1 aliphatic heterocycles. The molecule has 0 saturated carbocycles. The summed E-state index contributed by atoms with van der Waals surface area (Å²) in [5.41, 5.74) is 6.70. The van der Waals surface area contributed by atoms with Crippen molar-refractivity contribution in [3.05, 3.63) is 29.5 Å². The number of amides is 2. The minimum Gasteiger partial charge on any atom is -0.504 e. The van der Waals surface area contributed by atoms with Gasteiger partial charge < -0.3 is 20.9 Å². The first-order chi connectivity index (χ1) is 8.10. The number of carbonyl (C=O) groups excluding carboxylic acids is 1. The van der Waals surface area contributed by atoms with E-state index in [-0.39, 0.29) is 11.6 Å². The number of nitrogens with one attached hydrogen (secondary N) is 1. The van der Waals surface area contributed by atoms with Crippen molar-refractivity contribution in [2.24, 2.45) is 10.7 Å². The molecule has 2 rings (SSSR count). The summed E-state index contributed by atoms with van der Waals surface area (Å²) in [6.45, 7) is 0. The molecule has 6 heteroatoms. The number of nitrogens with two attached hydrogens (primary N) is 1. The third-order valence-corrected chi connectivity index (χ3v) is 2.25. The van der Waals surface area contributed by atoms with Crippen molar-refractivity contribution in [3.8, 4) is 11.5 Å². The maximum Gasteiger partial charge on any atom is 0.347 e. The number of urea groups is 1. The summed E-state index contributed by atoms with van der Waals surface area (Å²) in [6, 6.07) is 4.30. The summed E-state index contributed by atoms with van der Waals surface area (Å²) < 4.78 is 4.97. The van der Waals surface area contributed by atoms with Gasteiger partial charge >= 0.3 is 6.03 Å². The lowest BCUT2D eigenvalue weighted by Gasteiger charge is -2.04. The predicted octanol–water partition coefficient (Wildman–Crippen LogP) is 0.822. The van der Waals surface area contributed by atoms with Gasteiger partial charge in [-0.25, -0.2) is 4.79 Å². The third kappa shape index (κ3) is 2.20. The van der Waals surface area contributed by atoms with Crippen molar-refractivity contribution in [2.45, 2.75) is 0 Å². The van der Waals surface area contributed by atoms with E-state index >= 15 is 0 Å². The van der Waals surface area contributed by atoms with Crippen LogP contribution in [-0.2, 0) is 0 Å². The van der Waals surface area contributed by atoms with Crippen molar-refractivity contribution < 1.29 is 14.6 Å². The highest BCUT2D eigenvalue weighted by atomic mass is 16.5. The monoisotopic (exact) mass is 233 g/mol. The molecular weight excluding hydrogens is 222 g/mol. The average Bonchev–Trinajstić information content (AvgIpc) is 2.60. The molecule has 88 valence electrons. The molecule has 0 radical (unpaired) electrons. The van der Waals surface area contributed by atoms with Crippen molar-refractivity contribution in [2.75, 3.05) is 7.11 Å². The molecule has 0 saturated heterocycles. The summed E-state index contributed by atoms with van der Waals surface area (Å²) in [6.07, 6.45) is 1.64. The van der Waals surface area contributed by atoms with E-state index in [1.165, 1.54) is 13.2 Å². The van der Waals surface area contributed by atoms with Gasteiger partial charge in [-0.05, 0) is 23.8 Å². The van der Waals surface area contributed by atoms with Gasteiger partial charge in [0.25, 0.3) is 0 Å². The Morgan fingerprint density at radius 3 is 2.88 bits per heavy atom. The Hall–Kier alpha value is -2.50. The largest absolute Gasteiger partial charge is 0.504 e. The van der Waals surface area contributed by atoms with Crippen LogP contribution in [0.2, 0.25) is 0 Å². The lowest BCUT2D eigenvalue weighted by Crippen LogP contribution is -2.19. The number of rotatable bonds is 2. The maximum absolute atomic E-state index is 10.9. The highest BCUT2D eigenvalue weighted by Gasteiger charge is 2.16. The van der Waals surface area contributed by atoms with E-state index in [0.717, 1.165) is 5.56 Å². The zero-order valence-electron chi connectivity index (χ0n) is 9.10. The number of hydrogen-bond acceptors (Lipinski definition) is 4. The quantitative estimate of drug-likeness (QED) is 0.704. The van der Waals surface area contributed by atoms with Gasteiger partial charge in [-0.3, -0.25) is 0 Å². The number of aliphatic imine (C=N–C) groups is 1. The molecule has 0 atom stereocenters. The lowest BCUT2D eigenvalue weighted by atomic mass is 10.1. The Kier molecular flexibility index (Phi) is 2.70. The first-order valence-electron chi connectivity index (χ1n) is 4.84. The standard InChI is InChI=1S/C11H11N3O3/c1-17-9-5-6(2-3-8(9)15)4-7-10(12)14-11(16)13-7/h2-5,15H,1H3,(H3,12,13,14,16). The lowest BCUT2D eigenvalue weighted by molar-refractivity contribution is 0.253. The molecule has 17 heavy (non-hydrogen) atoms. The number of aromatic hydroxyl groups is 1. The Bertz CT molecular complexity index is 535. The summed E-state index contributed by atoms with van der Waals surface area (Å²) in [7, 11) is 1.46.